The van der Waals surface area contributed by atoms with Crippen molar-refractivity contribution in [2.75, 3.05) is 5.32 Å². The Hall–Kier alpha value is -1.88. The van der Waals surface area contributed by atoms with E-state index in [9.17, 15) is 4.79 Å². The van der Waals surface area contributed by atoms with Crippen molar-refractivity contribution in [2.24, 2.45) is 0 Å². The molecule has 1 amide bonds. The Labute approximate surface area is 150 Å². The van der Waals surface area contributed by atoms with Gasteiger partial charge in [0.2, 0.25) is 5.91 Å². The summed E-state index contributed by atoms with van der Waals surface area (Å²) in [7, 11) is 0. The Kier molecular flexibility index (Phi) is 6.16. The molecule has 2 N–H and O–H groups in total. The highest BCUT2D eigenvalue weighted by molar-refractivity contribution is 7.80. The number of halogens is 2. The van der Waals surface area contributed by atoms with Gasteiger partial charge in [0.1, 0.15) is 0 Å². The van der Waals surface area contributed by atoms with E-state index in [4.69, 9.17) is 35.4 Å². The number of benzene rings is 2. The van der Waals surface area contributed by atoms with Crippen molar-refractivity contribution in [3.8, 4) is 0 Å². The highest BCUT2D eigenvalue weighted by Crippen LogP contribution is 2.22. The zero-order valence-electron chi connectivity index (χ0n) is 12.3. The largest absolute Gasteiger partial charge is 0.332 e. The summed E-state index contributed by atoms with van der Waals surface area (Å²) in [5.74, 6) is -0.345. The van der Waals surface area contributed by atoms with Crippen molar-refractivity contribution in [2.45, 2.75) is 6.92 Å². The topological polar surface area (TPSA) is 41.1 Å². The van der Waals surface area contributed by atoms with Crippen LogP contribution in [-0.4, -0.2) is 11.0 Å². The molecule has 0 bridgehead atoms. The summed E-state index contributed by atoms with van der Waals surface area (Å²) in [4.78, 5) is 11.9. The number of rotatable bonds is 3. The molecule has 2 rings (SSSR count). The van der Waals surface area contributed by atoms with Crippen molar-refractivity contribution in [3.63, 3.8) is 0 Å². The van der Waals surface area contributed by atoms with Gasteiger partial charge in [0.05, 0.1) is 0 Å². The van der Waals surface area contributed by atoms with Gasteiger partial charge >= 0.3 is 0 Å². The van der Waals surface area contributed by atoms with E-state index < -0.39 is 0 Å². The molecule has 3 nitrogen and oxygen atoms in total. The molecule has 0 atom stereocenters. The first kappa shape index (κ1) is 17.5. The second-order valence-corrected chi connectivity index (χ2v) is 5.93. The van der Waals surface area contributed by atoms with Gasteiger partial charge in [-0.1, -0.05) is 47.5 Å². The molecular weight excluding hydrogens is 351 g/mol. The Morgan fingerprint density at radius 3 is 2.52 bits per heavy atom. The summed E-state index contributed by atoms with van der Waals surface area (Å²) in [6.45, 7) is 1.87. The lowest BCUT2D eigenvalue weighted by molar-refractivity contribution is -0.115. The first-order valence-corrected chi connectivity index (χ1v) is 7.93. The lowest BCUT2D eigenvalue weighted by Crippen LogP contribution is -2.33. The van der Waals surface area contributed by atoms with Crippen molar-refractivity contribution >= 4 is 58.2 Å². The molecule has 0 saturated heterocycles. The van der Waals surface area contributed by atoms with Gasteiger partial charge in [0, 0.05) is 21.8 Å². The number of carbonyl (C=O) groups is 1. The van der Waals surface area contributed by atoms with Crippen LogP contribution in [0.3, 0.4) is 0 Å². The number of carbonyl (C=O) groups excluding carboxylic acids is 1. The standard InChI is InChI=1S/C17H14Cl2N2OS/c1-11-13(18)7-4-8-15(11)20-17(23)21-16(22)10-9-12-5-2-3-6-14(12)19/h2-10H,1H3,(H2,20,21,22,23). The summed E-state index contributed by atoms with van der Waals surface area (Å²) in [5.41, 5.74) is 2.36. The van der Waals surface area contributed by atoms with Gasteiger partial charge in [-0.15, -0.1) is 0 Å². The van der Waals surface area contributed by atoms with Gasteiger partial charge in [-0.3, -0.25) is 10.1 Å². The predicted molar refractivity (Wildman–Crippen MR) is 101 cm³/mol. The van der Waals surface area contributed by atoms with Crippen LogP contribution in [0.25, 0.3) is 6.08 Å². The molecule has 2 aromatic carbocycles. The van der Waals surface area contributed by atoms with Gasteiger partial charge < -0.3 is 5.32 Å². The average Bonchev–Trinajstić information content (AvgIpc) is 2.51. The molecule has 0 aliphatic rings. The summed E-state index contributed by atoms with van der Waals surface area (Å²) >= 11 is 17.2. The molecule has 0 fully saturated rings. The number of thiocarbonyl (C=S) groups is 1. The maximum Gasteiger partial charge on any atom is 0.250 e. The summed E-state index contributed by atoms with van der Waals surface area (Å²) in [6, 6.07) is 12.7. The molecule has 0 aliphatic heterocycles. The normalized spacial score (nSPS) is 10.6. The molecule has 0 spiro atoms. The molecule has 0 aromatic heterocycles. The maximum atomic E-state index is 11.9. The van der Waals surface area contributed by atoms with Crippen molar-refractivity contribution in [3.05, 3.63) is 69.7 Å². The van der Waals surface area contributed by atoms with E-state index in [1.165, 1.54) is 6.08 Å². The van der Waals surface area contributed by atoms with Crippen LogP contribution in [0, 0.1) is 6.92 Å². The van der Waals surface area contributed by atoms with E-state index in [-0.39, 0.29) is 11.0 Å². The number of hydrogen-bond acceptors (Lipinski definition) is 2. The molecule has 2 aromatic rings. The zero-order valence-corrected chi connectivity index (χ0v) is 14.6. The van der Waals surface area contributed by atoms with Crippen molar-refractivity contribution in [1.29, 1.82) is 0 Å². The minimum absolute atomic E-state index is 0.198. The van der Waals surface area contributed by atoms with Gasteiger partial charge in [-0.25, -0.2) is 0 Å². The van der Waals surface area contributed by atoms with Crippen molar-refractivity contribution < 1.29 is 4.79 Å². The van der Waals surface area contributed by atoms with Crippen LogP contribution in [0.2, 0.25) is 10.0 Å². The molecule has 0 saturated carbocycles. The third kappa shape index (κ3) is 5.06. The van der Waals surface area contributed by atoms with E-state index in [0.29, 0.717) is 10.0 Å². The summed E-state index contributed by atoms with van der Waals surface area (Å²) < 4.78 is 0. The quantitative estimate of drug-likeness (QED) is 0.605. The number of hydrogen-bond donors (Lipinski definition) is 2. The van der Waals surface area contributed by atoms with Crippen LogP contribution in [0.15, 0.2) is 48.5 Å². The molecule has 23 heavy (non-hydrogen) atoms. The van der Waals surface area contributed by atoms with Gasteiger partial charge in [-0.2, -0.15) is 0 Å². The molecular formula is C17H14Cl2N2OS. The van der Waals surface area contributed by atoms with Gasteiger partial charge in [0.25, 0.3) is 0 Å². The first-order chi connectivity index (χ1) is 11.0. The van der Waals surface area contributed by atoms with E-state index in [2.05, 4.69) is 10.6 Å². The Morgan fingerprint density at radius 1 is 1.09 bits per heavy atom. The van der Waals surface area contributed by atoms with E-state index in [1.54, 1.807) is 24.3 Å². The van der Waals surface area contributed by atoms with E-state index >= 15 is 0 Å². The lowest BCUT2D eigenvalue weighted by atomic mass is 10.2. The fourth-order valence-corrected chi connectivity index (χ4v) is 2.41. The maximum absolute atomic E-state index is 11.9. The van der Waals surface area contributed by atoms with Crippen LogP contribution >= 0.6 is 35.4 Å². The van der Waals surface area contributed by atoms with Crippen molar-refractivity contribution in [1.82, 2.24) is 5.32 Å². The second kappa shape index (κ2) is 8.11. The number of nitrogens with one attached hydrogen (secondary N) is 2. The smallest absolute Gasteiger partial charge is 0.250 e. The van der Waals surface area contributed by atoms with E-state index in [1.807, 2.05) is 31.2 Å². The Balaban J connectivity index is 1.96. The van der Waals surface area contributed by atoms with Crippen LogP contribution in [0.5, 0.6) is 0 Å². The van der Waals surface area contributed by atoms with Gasteiger partial charge in [-0.05, 0) is 54.5 Å². The van der Waals surface area contributed by atoms with Crippen LogP contribution in [-0.2, 0) is 4.79 Å². The van der Waals surface area contributed by atoms with Gasteiger partial charge in [0.15, 0.2) is 5.11 Å². The fraction of sp³-hybridized carbons (Fsp3) is 0.0588. The zero-order chi connectivity index (χ0) is 16.8. The Bertz CT molecular complexity index is 775. The Morgan fingerprint density at radius 2 is 1.78 bits per heavy atom. The fourth-order valence-electron chi connectivity index (χ4n) is 1.83. The van der Waals surface area contributed by atoms with Crippen LogP contribution < -0.4 is 10.6 Å². The number of amides is 1. The van der Waals surface area contributed by atoms with Crippen LogP contribution in [0.1, 0.15) is 11.1 Å². The molecule has 0 radical (unpaired) electrons. The SMILES string of the molecule is Cc1c(Cl)cccc1NC(=S)NC(=O)C=Cc1ccccc1Cl. The highest BCUT2D eigenvalue weighted by Gasteiger charge is 2.06. The minimum Gasteiger partial charge on any atom is -0.332 e. The number of anilines is 1. The molecule has 0 heterocycles. The third-order valence-electron chi connectivity index (χ3n) is 3.07. The highest BCUT2D eigenvalue weighted by atomic mass is 35.5. The molecule has 0 aliphatic carbocycles. The minimum atomic E-state index is -0.345. The van der Waals surface area contributed by atoms with Crippen LogP contribution in [0.4, 0.5) is 5.69 Å². The predicted octanol–water partition coefficient (Wildman–Crippen LogP) is 4.83. The summed E-state index contributed by atoms with van der Waals surface area (Å²) in [5, 5.41) is 6.92. The molecule has 6 heteroatoms. The molecule has 118 valence electrons. The second-order valence-electron chi connectivity index (χ2n) is 4.71. The molecule has 0 unspecified atom stereocenters. The monoisotopic (exact) mass is 364 g/mol. The first-order valence-electron chi connectivity index (χ1n) is 6.77. The third-order valence-corrected chi connectivity index (χ3v) is 4.03. The summed E-state index contributed by atoms with van der Waals surface area (Å²) in [6.07, 6.45) is 3.00. The van der Waals surface area contributed by atoms with E-state index in [0.717, 1.165) is 16.8 Å². The lowest BCUT2D eigenvalue weighted by Gasteiger charge is -2.11. The average molecular weight is 365 g/mol.